The Kier molecular flexibility index (Phi) is 6.41. The molecule has 26 heavy (non-hydrogen) atoms. The van der Waals surface area contributed by atoms with Crippen molar-refractivity contribution in [3.63, 3.8) is 0 Å². The molecule has 0 radical (unpaired) electrons. The van der Waals surface area contributed by atoms with E-state index in [1.54, 1.807) is 18.2 Å². The van der Waals surface area contributed by atoms with Crippen LogP contribution >= 0.6 is 0 Å². The Labute approximate surface area is 155 Å². The van der Waals surface area contributed by atoms with Crippen LogP contribution in [-0.4, -0.2) is 48.8 Å². The van der Waals surface area contributed by atoms with Crippen LogP contribution in [0, 0.1) is 5.92 Å². The summed E-state index contributed by atoms with van der Waals surface area (Å²) in [5.41, 5.74) is 1.46. The van der Waals surface area contributed by atoms with Crippen LogP contribution in [0.5, 0.6) is 0 Å². The first kappa shape index (κ1) is 20.4. The molecule has 0 unspecified atom stereocenters. The van der Waals surface area contributed by atoms with Gasteiger partial charge in [-0.3, -0.25) is 4.79 Å². The molecule has 0 saturated heterocycles. The van der Waals surface area contributed by atoms with E-state index in [0.29, 0.717) is 30.8 Å². The van der Waals surface area contributed by atoms with Gasteiger partial charge in [0.2, 0.25) is 15.9 Å². The Morgan fingerprint density at radius 2 is 2.00 bits per heavy atom. The molecule has 1 heterocycles. The predicted octanol–water partition coefficient (Wildman–Crippen LogP) is 1.92. The van der Waals surface area contributed by atoms with E-state index < -0.39 is 10.0 Å². The van der Waals surface area contributed by atoms with Gasteiger partial charge in [-0.1, -0.05) is 13.8 Å². The third-order valence-corrected chi connectivity index (χ3v) is 6.15. The number of hydrogen-bond acceptors (Lipinski definition) is 4. The summed E-state index contributed by atoms with van der Waals surface area (Å²) in [5, 5.41) is 2.92. The SMILES string of the molecule is CC(C)CCNC(=O)CCc1nc2cc(S(=O)(=O)N(C)C)ccc2n1C. The number of aryl methyl sites for hydroxylation is 2. The first-order chi connectivity index (χ1) is 12.1. The molecule has 0 spiro atoms. The molecule has 7 nitrogen and oxygen atoms in total. The van der Waals surface area contributed by atoms with E-state index in [2.05, 4.69) is 24.1 Å². The molecule has 2 rings (SSSR count). The molecule has 0 fully saturated rings. The van der Waals surface area contributed by atoms with Crippen molar-refractivity contribution in [3.05, 3.63) is 24.0 Å². The van der Waals surface area contributed by atoms with Gasteiger partial charge in [-0.2, -0.15) is 0 Å². The summed E-state index contributed by atoms with van der Waals surface area (Å²) in [6, 6.07) is 4.92. The molecular weight excluding hydrogens is 352 g/mol. The van der Waals surface area contributed by atoms with Crippen molar-refractivity contribution in [1.82, 2.24) is 19.2 Å². The fourth-order valence-electron chi connectivity index (χ4n) is 2.64. The van der Waals surface area contributed by atoms with Crippen molar-refractivity contribution in [2.45, 2.75) is 38.0 Å². The van der Waals surface area contributed by atoms with Crippen molar-refractivity contribution in [2.75, 3.05) is 20.6 Å². The summed E-state index contributed by atoms with van der Waals surface area (Å²) in [7, 11) is 1.38. The second-order valence-electron chi connectivity index (χ2n) is 7.06. The lowest BCUT2D eigenvalue weighted by Gasteiger charge is -2.10. The van der Waals surface area contributed by atoms with Crippen molar-refractivity contribution >= 4 is 27.0 Å². The molecule has 1 aromatic heterocycles. The maximum atomic E-state index is 12.3. The van der Waals surface area contributed by atoms with Gasteiger partial charge in [-0.05, 0) is 30.5 Å². The molecule has 1 aromatic carbocycles. The number of aromatic nitrogens is 2. The van der Waals surface area contributed by atoms with Gasteiger partial charge in [0.15, 0.2) is 0 Å². The van der Waals surface area contributed by atoms with Gasteiger partial charge in [0.05, 0.1) is 15.9 Å². The minimum absolute atomic E-state index is 0.00795. The molecular formula is C18H28N4O3S. The Hall–Kier alpha value is -1.93. The normalized spacial score (nSPS) is 12.3. The molecule has 0 atom stereocenters. The number of fused-ring (bicyclic) bond motifs is 1. The Morgan fingerprint density at radius 3 is 2.62 bits per heavy atom. The Bertz CT molecular complexity index is 885. The molecule has 0 bridgehead atoms. The fraction of sp³-hybridized carbons (Fsp3) is 0.556. The lowest BCUT2D eigenvalue weighted by molar-refractivity contribution is -0.121. The number of carbonyl (C=O) groups is 1. The maximum absolute atomic E-state index is 12.3. The van der Waals surface area contributed by atoms with E-state index in [1.807, 2.05) is 11.6 Å². The molecule has 8 heteroatoms. The van der Waals surface area contributed by atoms with E-state index in [4.69, 9.17) is 0 Å². The highest BCUT2D eigenvalue weighted by molar-refractivity contribution is 7.89. The summed E-state index contributed by atoms with van der Waals surface area (Å²) in [5.74, 6) is 1.33. The van der Waals surface area contributed by atoms with Crippen LogP contribution in [-0.2, 0) is 28.3 Å². The first-order valence-corrected chi connectivity index (χ1v) is 10.2. The average Bonchev–Trinajstić information content (AvgIpc) is 2.88. The second-order valence-corrected chi connectivity index (χ2v) is 9.21. The molecule has 0 aliphatic rings. The zero-order valence-corrected chi connectivity index (χ0v) is 16.9. The Balaban J connectivity index is 2.12. The van der Waals surface area contributed by atoms with Gasteiger partial charge in [0.25, 0.3) is 0 Å². The lowest BCUT2D eigenvalue weighted by atomic mass is 10.1. The van der Waals surface area contributed by atoms with Gasteiger partial charge >= 0.3 is 0 Å². The molecule has 1 N–H and O–H groups in total. The summed E-state index contributed by atoms with van der Waals surface area (Å²) >= 11 is 0. The van der Waals surface area contributed by atoms with Crippen molar-refractivity contribution in [3.8, 4) is 0 Å². The zero-order valence-electron chi connectivity index (χ0n) is 16.1. The smallest absolute Gasteiger partial charge is 0.242 e. The van der Waals surface area contributed by atoms with Crippen molar-refractivity contribution < 1.29 is 13.2 Å². The van der Waals surface area contributed by atoms with Crippen LogP contribution < -0.4 is 5.32 Å². The number of rotatable bonds is 8. The van der Waals surface area contributed by atoms with Crippen molar-refractivity contribution in [1.29, 1.82) is 0 Å². The summed E-state index contributed by atoms with van der Waals surface area (Å²) in [6.45, 7) is 4.93. The number of nitrogens with zero attached hydrogens (tertiary/aromatic N) is 3. The molecule has 144 valence electrons. The summed E-state index contributed by atoms with van der Waals surface area (Å²) in [4.78, 5) is 16.7. The van der Waals surface area contributed by atoms with E-state index in [9.17, 15) is 13.2 Å². The number of sulfonamides is 1. The monoisotopic (exact) mass is 380 g/mol. The van der Waals surface area contributed by atoms with Crippen LogP contribution in [0.15, 0.2) is 23.1 Å². The average molecular weight is 381 g/mol. The van der Waals surface area contributed by atoms with E-state index >= 15 is 0 Å². The number of hydrogen-bond donors (Lipinski definition) is 1. The van der Waals surface area contributed by atoms with Crippen LogP contribution in [0.2, 0.25) is 0 Å². The van der Waals surface area contributed by atoms with Gasteiger partial charge in [0.1, 0.15) is 5.82 Å². The molecule has 0 aliphatic carbocycles. The highest BCUT2D eigenvalue weighted by atomic mass is 32.2. The third-order valence-electron chi connectivity index (χ3n) is 4.34. The fourth-order valence-corrected chi connectivity index (χ4v) is 3.56. The quantitative estimate of drug-likeness (QED) is 0.758. The van der Waals surface area contributed by atoms with Gasteiger partial charge in [-0.15, -0.1) is 0 Å². The number of imidazole rings is 1. The van der Waals surface area contributed by atoms with Gasteiger partial charge < -0.3 is 9.88 Å². The van der Waals surface area contributed by atoms with Crippen molar-refractivity contribution in [2.24, 2.45) is 13.0 Å². The number of amides is 1. The molecule has 2 aromatic rings. The van der Waals surface area contributed by atoms with Crippen LogP contribution in [0.3, 0.4) is 0 Å². The summed E-state index contributed by atoms with van der Waals surface area (Å²) in [6.07, 6.45) is 1.83. The topological polar surface area (TPSA) is 84.3 Å². The molecule has 0 aliphatic heterocycles. The standard InChI is InChI=1S/C18H28N4O3S/c1-13(2)10-11-19-18(23)9-8-17-20-15-12-14(26(24,25)21(3)4)6-7-16(15)22(17)5/h6-7,12-13H,8-11H2,1-5H3,(H,19,23). The number of benzene rings is 1. The molecule has 0 saturated carbocycles. The highest BCUT2D eigenvalue weighted by Crippen LogP contribution is 2.21. The van der Waals surface area contributed by atoms with Crippen LogP contribution in [0.25, 0.3) is 11.0 Å². The highest BCUT2D eigenvalue weighted by Gasteiger charge is 2.19. The minimum atomic E-state index is -3.50. The maximum Gasteiger partial charge on any atom is 0.242 e. The zero-order chi connectivity index (χ0) is 19.5. The predicted molar refractivity (Wildman–Crippen MR) is 102 cm³/mol. The van der Waals surface area contributed by atoms with Crippen LogP contribution in [0.1, 0.15) is 32.5 Å². The summed E-state index contributed by atoms with van der Waals surface area (Å²) < 4.78 is 27.6. The number of nitrogens with one attached hydrogen (secondary N) is 1. The van der Waals surface area contributed by atoms with E-state index in [0.717, 1.165) is 17.8 Å². The Morgan fingerprint density at radius 1 is 1.31 bits per heavy atom. The second kappa shape index (κ2) is 8.18. The van der Waals surface area contributed by atoms with Gasteiger partial charge in [-0.25, -0.2) is 17.7 Å². The minimum Gasteiger partial charge on any atom is -0.356 e. The van der Waals surface area contributed by atoms with Gasteiger partial charge in [0, 0.05) is 40.5 Å². The van der Waals surface area contributed by atoms with E-state index in [-0.39, 0.29) is 10.8 Å². The van der Waals surface area contributed by atoms with Crippen LogP contribution in [0.4, 0.5) is 0 Å². The molecule has 1 amide bonds. The lowest BCUT2D eigenvalue weighted by Crippen LogP contribution is -2.25. The first-order valence-electron chi connectivity index (χ1n) is 8.77. The largest absolute Gasteiger partial charge is 0.356 e. The number of carbonyl (C=O) groups excluding carboxylic acids is 1. The van der Waals surface area contributed by atoms with E-state index in [1.165, 1.54) is 18.4 Å². The third kappa shape index (κ3) is 4.62.